The first-order valence-electron chi connectivity index (χ1n) is 12.4. The number of hydrogen-bond donors (Lipinski definition) is 1. The van der Waals surface area contributed by atoms with Gasteiger partial charge in [-0.2, -0.15) is 0 Å². The standard InChI is InChI=1S/C27H35N5O3/c1-3-6-23(22-7-4-10-28-18-22)30-27-20-29-19-24(31-27)21-8-9-25(26(17-21)33-2)35-14-5-11-32-12-15-34-16-13-32/h4,7-10,17-20,23H,3,5-6,11-16H2,1-2H3,(H,30,31). The Labute approximate surface area is 207 Å². The van der Waals surface area contributed by atoms with Gasteiger partial charge in [0, 0.05) is 37.6 Å². The van der Waals surface area contributed by atoms with Crippen LogP contribution in [0.5, 0.6) is 11.5 Å². The predicted octanol–water partition coefficient (Wildman–Crippen LogP) is 4.60. The number of benzene rings is 1. The molecule has 1 aromatic carbocycles. The number of ether oxygens (including phenoxy) is 3. The Hall–Kier alpha value is -3.23. The molecule has 0 spiro atoms. The topological polar surface area (TPSA) is 81.6 Å². The number of hydrogen-bond acceptors (Lipinski definition) is 8. The van der Waals surface area contributed by atoms with Gasteiger partial charge in [0.2, 0.25) is 0 Å². The number of rotatable bonds is 12. The second-order valence-electron chi connectivity index (χ2n) is 8.58. The van der Waals surface area contributed by atoms with Crippen molar-refractivity contribution in [2.24, 2.45) is 0 Å². The van der Waals surface area contributed by atoms with Crippen molar-refractivity contribution in [3.63, 3.8) is 0 Å². The number of nitrogens with zero attached hydrogens (tertiary/aromatic N) is 4. The molecule has 4 rings (SSSR count). The van der Waals surface area contributed by atoms with Crippen LogP contribution in [0.4, 0.5) is 5.82 Å². The zero-order valence-electron chi connectivity index (χ0n) is 20.7. The third-order valence-corrected chi connectivity index (χ3v) is 6.06. The molecular weight excluding hydrogens is 442 g/mol. The zero-order chi connectivity index (χ0) is 24.3. The normalized spacial score (nSPS) is 14.9. The van der Waals surface area contributed by atoms with E-state index in [1.54, 1.807) is 25.7 Å². The Balaban J connectivity index is 1.40. The van der Waals surface area contributed by atoms with Gasteiger partial charge in [-0.15, -0.1) is 0 Å². The van der Waals surface area contributed by atoms with Crippen molar-refractivity contribution >= 4 is 5.82 Å². The maximum absolute atomic E-state index is 6.03. The van der Waals surface area contributed by atoms with Crippen LogP contribution in [0, 0.1) is 0 Å². The van der Waals surface area contributed by atoms with E-state index in [2.05, 4.69) is 33.2 Å². The lowest BCUT2D eigenvalue weighted by Gasteiger charge is -2.26. The Morgan fingerprint density at radius 2 is 1.97 bits per heavy atom. The second-order valence-corrected chi connectivity index (χ2v) is 8.58. The van der Waals surface area contributed by atoms with E-state index in [4.69, 9.17) is 19.2 Å². The highest BCUT2D eigenvalue weighted by Gasteiger charge is 2.14. The molecule has 1 saturated heterocycles. The molecule has 1 unspecified atom stereocenters. The van der Waals surface area contributed by atoms with E-state index in [9.17, 15) is 0 Å². The molecule has 3 heterocycles. The van der Waals surface area contributed by atoms with Gasteiger partial charge in [0.15, 0.2) is 11.5 Å². The average Bonchev–Trinajstić information content (AvgIpc) is 2.92. The van der Waals surface area contributed by atoms with Crippen molar-refractivity contribution in [3.05, 3.63) is 60.7 Å². The summed E-state index contributed by atoms with van der Waals surface area (Å²) in [6, 6.07) is 10.1. The van der Waals surface area contributed by atoms with Gasteiger partial charge in [0.05, 0.1) is 51.1 Å². The molecule has 0 radical (unpaired) electrons. The summed E-state index contributed by atoms with van der Waals surface area (Å²) in [5, 5.41) is 3.53. The van der Waals surface area contributed by atoms with E-state index in [0.29, 0.717) is 12.4 Å². The highest BCUT2D eigenvalue weighted by atomic mass is 16.5. The van der Waals surface area contributed by atoms with Crippen LogP contribution >= 0.6 is 0 Å². The van der Waals surface area contributed by atoms with Crippen molar-refractivity contribution in [2.45, 2.75) is 32.2 Å². The Morgan fingerprint density at radius 3 is 2.74 bits per heavy atom. The molecule has 2 aromatic heterocycles. The molecule has 8 heteroatoms. The number of methoxy groups -OCH3 is 1. The highest BCUT2D eigenvalue weighted by Crippen LogP contribution is 2.32. The molecule has 0 amide bonds. The molecule has 1 atom stereocenters. The van der Waals surface area contributed by atoms with Gasteiger partial charge in [-0.05, 0) is 42.7 Å². The second kappa shape index (κ2) is 13.0. The molecular formula is C27H35N5O3. The number of pyridine rings is 1. The molecule has 1 aliphatic heterocycles. The van der Waals surface area contributed by atoms with Gasteiger partial charge in [0.1, 0.15) is 5.82 Å². The average molecular weight is 478 g/mol. The molecule has 1 aliphatic rings. The Morgan fingerprint density at radius 1 is 1.09 bits per heavy atom. The molecule has 35 heavy (non-hydrogen) atoms. The lowest BCUT2D eigenvalue weighted by atomic mass is 10.0. The number of aromatic nitrogens is 3. The molecule has 3 aromatic rings. The molecule has 0 saturated carbocycles. The first-order chi connectivity index (χ1) is 17.3. The predicted molar refractivity (Wildman–Crippen MR) is 137 cm³/mol. The van der Waals surface area contributed by atoms with Gasteiger partial charge in [0.25, 0.3) is 0 Å². The summed E-state index contributed by atoms with van der Waals surface area (Å²) >= 11 is 0. The van der Waals surface area contributed by atoms with Crippen molar-refractivity contribution in [1.29, 1.82) is 0 Å². The maximum atomic E-state index is 6.03. The van der Waals surface area contributed by atoms with Crippen LogP contribution in [0.1, 0.15) is 37.8 Å². The third kappa shape index (κ3) is 7.13. The van der Waals surface area contributed by atoms with Gasteiger partial charge < -0.3 is 19.5 Å². The number of morpholine rings is 1. The summed E-state index contributed by atoms with van der Waals surface area (Å²) in [5.74, 6) is 2.15. The van der Waals surface area contributed by atoms with Gasteiger partial charge in [-0.25, -0.2) is 4.98 Å². The Kier molecular flexibility index (Phi) is 9.25. The van der Waals surface area contributed by atoms with Crippen molar-refractivity contribution in [1.82, 2.24) is 19.9 Å². The lowest BCUT2D eigenvalue weighted by Crippen LogP contribution is -2.37. The fourth-order valence-electron chi connectivity index (χ4n) is 4.19. The lowest BCUT2D eigenvalue weighted by molar-refractivity contribution is 0.0357. The van der Waals surface area contributed by atoms with E-state index in [1.165, 1.54) is 0 Å². The van der Waals surface area contributed by atoms with Gasteiger partial charge >= 0.3 is 0 Å². The van der Waals surface area contributed by atoms with Crippen LogP contribution < -0.4 is 14.8 Å². The molecule has 1 fully saturated rings. The fraction of sp³-hybridized carbons (Fsp3) is 0.444. The van der Waals surface area contributed by atoms with Crippen molar-refractivity contribution in [3.8, 4) is 22.8 Å². The fourth-order valence-corrected chi connectivity index (χ4v) is 4.19. The molecule has 186 valence electrons. The summed E-state index contributed by atoms with van der Waals surface area (Å²) in [6.07, 6.45) is 10.2. The first kappa shape index (κ1) is 24.9. The minimum Gasteiger partial charge on any atom is -0.493 e. The minimum atomic E-state index is 0.126. The van der Waals surface area contributed by atoms with E-state index in [-0.39, 0.29) is 6.04 Å². The summed E-state index contributed by atoms with van der Waals surface area (Å²) in [7, 11) is 1.66. The molecule has 1 N–H and O–H groups in total. The monoisotopic (exact) mass is 477 g/mol. The molecule has 0 bridgehead atoms. The van der Waals surface area contributed by atoms with Crippen LogP contribution in [0.2, 0.25) is 0 Å². The number of anilines is 1. The van der Waals surface area contributed by atoms with Gasteiger partial charge in [-0.3, -0.25) is 14.9 Å². The van der Waals surface area contributed by atoms with E-state index < -0.39 is 0 Å². The summed E-state index contributed by atoms with van der Waals surface area (Å²) < 4.78 is 17.0. The summed E-state index contributed by atoms with van der Waals surface area (Å²) in [5.41, 5.74) is 2.83. The largest absolute Gasteiger partial charge is 0.493 e. The van der Waals surface area contributed by atoms with Crippen LogP contribution in [0.3, 0.4) is 0 Å². The van der Waals surface area contributed by atoms with E-state index in [0.717, 1.165) is 80.5 Å². The van der Waals surface area contributed by atoms with Crippen LogP contribution in [0.25, 0.3) is 11.3 Å². The van der Waals surface area contributed by atoms with Gasteiger partial charge in [-0.1, -0.05) is 19.4 Å². The van der Waals surface area contributed by atoms with E-state index in [1.807, 2.05) is 30.5 Å². The minimum absolute atomic E-state index is 0.126. The smallest absolute Gasteiger partial charge is 0.161 e. The first-order valence-corrected chi connectivity index (χ1v) is 12.4. The van der Waals surface area contributed by atoms with E-state index >= 15 is 0 Å². The highest BCUT2D eigenvalue weighted by molar-refractivity contribution is 5.64. The summed E-state index contributed by atoms with van der Waals surface area (Å²) in [6.45, 7) is 7.45. The van der Waals surface area contributed by atoms with Crippen LogP contribution in [-0.2, 0) is 4.74 Å². The molecule has 0 aliphatic carbocycles. The van der Waals surface area contributed by atoms with Crippen molar-refractivity contribution < 1.29 is 14.2 Å². The van der Waals surface area contributed by atoms with Crippen LogP contribution in [-0.4, -0.2) is 66.4 Å². The maximum Gasteiger partial charge on any atom is 0.161 e. The SMILES string of the molecule is CCCC(Nc1cncc(-c2ccc(OCCCN3CCOCC3)c(OC)c2)n1)c1cccnc1. The Bertz CT molecular complexity index is 1040. The number of nitrogens with one attached hydrogen (secondary N) is 1. The zero-order valence-corrected chi connectivity index (χ0v) is 20.7. The quantitative estimate of drug-likeness (QED) is 0.379. The molecule has 8 nitrogen and oxygen atoms in total. The van der Waals surface area contributed by atoms with Crippen molar-refractivity contribution in [2.75, 3.05) is 51.9 Å². The van der Waals surface area contributed by atoms with Crippen LogP contribution in [0.15, 0.2) is 55.1 Å². The third-order valence-electron chi connectivity index (χ3n) is 6.06. The summed E-state index contributed by atoms with van der Waals surface area (Å²) in [4.78, 5) is 15.9.